The van der Waals surface area contributed by atoms with Crippen molar-refractivity contribution in [3.05, 3.63) is 40.2 Å². The Balaban J connectivity index is 1.63. The van der Waals surface area contributed by atoms with Crippen molar-refractivity contribution in [2.24, 2.45) is 23.0 Å². The van der Waals surface area contributed by atoms with Gasteiger partial charge in [-0.05, 0) is 61.1 Å². The summed E-state index contributed by atoms with van der Waals surface area (Å²) >= 11 is 1.51. The number of fused-ring (bicyclic) bond motifs is 1. The van der Waals surface area contributed by atoms with Gasteiger partial charge in [-0.1, -0.05) is 20.8 Å². The van der Waals surface area contributed by atoms with Crippen molar-refractivity contribution >= 4 is 34.1 Å². The van der Waals surface area contributed by atoms with Crippen LogP contribution in [0, 0.1) is 17.3 Å². The van der Waals surface area contributed by atoms with Crippen LogP contribution in [0.1, 0.15) is 71.4 Å². The van der Waals surface area contributed by atoms with E-state index >= 15 is 0 Å². The standard InChI is InChI=1S/C24H31N3O4S/c1-24(2,3)15-6-7-16-18(13-15)32-22(26-21(29)17-5-4-12-31-17)19(16)23(30)27-10-8-14(9-11-27)20(25)28/h4-5,12,14-15H,6-11,13H2,1-3H3,(H2,25,28)(H,26,29)/t15-/m1/s1. The Morgan fingerprint density at radius 2 is 1.91 bits per heavy atom. The lowest BCUT2D eigenvalue weighted by Gasteiger charge is -2.34. The van der Waals surface area contributed by atoms with E-state index in [4.69, 9.17) is 10.2 Å². The van der Waals surface area contributed by atoms with E-state index in [1.807, 2.05) is 0 Å². The average Bonchev–Trinajstić information content (AvgIpc) is 3.40. The number of nitrogens with one attached hydrogen (secondary N) is 1. The first-order chi connectivity index (χ1) is 15.1. The van der Waals surface area contributed by atoms with Crippen molar-refractivity contribution in [1.29, 1.82) is 0 Å². The van der Waals surface area contributed by atoms with E-state index in [1.54, 1.807) is 17.0 Å². The van der Waals surface area contributed by atoms with E-state index in [0.717, 1.165) is 24.8 Å². The number of likely N-dealkylation sites (tertiary alicyclic amines) is 1. The average molecular weight is 458 g/mol. The largest absolute Gasteiger partial charge is 0.459 e. The number of carbonyl (C=O) groups is 3. The third-order valence-electron chi connectivity index (χ3n) is 6.86. The Morgan fingerprint density at radius 1 is 1.19 bits per heavy atom. The summed E-state index contributed by atoms with van der Waals surface area (Å²) in [6, 6.07) is 3.27. The molecular formula is C24H31N3O4S. The second kappa shape index (κ2) is 8.73. The van der Waals surface area contributed by atoms with Crippen molar-refractivity contribution in [1.82, 2.24) is 4.90 Å². The van der Waals surface area contributed by atoms with E-state index in [9.17, 15) is 14.4 Å². The smallest absolute Gasteiger partial charge is 0.291 e. The van der Waals surface area contributed by atoms with Crippen molar-refractivity contribution in [2.75, 3.05) is 18.4 Å². The lowest BCUT2D eigenvalue weighted by molar-refractivity contribution is -0.123. The molecule has 0 saturated carbocycles. The SMILES string of the molecule is CC(C)(C)[C@@H]1CCc2c(sc(NC(=O)c3ccco3)c2C(=O)N2CCC(C(N)=O)CC2)C1. The van der Waals surface area contributed by atoms with Gasteiger partial charge in [-0.15, -0.1) is 11.3 Å². The first kappa shape index (κ1) is 22.6. The van der Waals surface area contributed by atoms with Crippen LogP contribution in [0.5, 0.6) is 0 Å². The van der Waals surface area contributed by atoms with Crippen molar-refractivity contribution in [2.45, 2.75) is 52.9 Å². The minimum absolute atomic E-state index is 0.0747. The van der Waals surface area contributed by atoms with Crippen LogP contribution in [-0.2, 0) is 17.6 Å². The summed E-state index contributed by atoms with van der Waals surface area (Å²) in [5.41, 5.74) is 7.30. The molecule has 2 aromatic rings. The van der Waals surface area contributed by atoms with Gasteiger partial charge in [-0.25, -0.2) is 0 Å². The summed E-state index contributed by atoms with van der Waals surface area (Å²) in [6.07, 6.45) is 5.36. The summed E-state index contributed by atoms with van der Waals surface area (Å²) in [6.45, 7) is 7.75. The molecule has 8 heteroatoms. The van der Waals surface area contributed by atoms with E-state index in [2.05, 4.69) is 26.1 Å². The summed E-state index contributed by atoms with van der Waals surface area (Å²) in [5, 5.41) is 3.53. The van der Waals surface area contributed by atoms with Crippen LogP contribution in [0.4, 0.5) is 5.00 Å². The number of anilines is 1. The second-order valence-electron chi connectivity index (χ2n) is 9.91. The number of carbonyl (C=O) groups excluding carboxylic acids is 3. The fraction of sp³-hybridized carbons (Fsp3) is 0.542. The first-order valence-electron chi connectivity index (χ1n) is 11.2. The minimum Gasteiger partial charge on any atom is -0.459 e. The summed E-state index contributed by atoms with van der Waals surface area (Å²) in [5.74, 6) is -0.177. The van der Waals surface area contributed by atoms with Gasteiger partial charge in [0.05, 0.1) is 11.8 Å². The van der Waals surface area contributed by atoms with Crippen LogP contribution in [0.2, 0.25) is 0 Å². The van der Waals surface area contributed by atoms with Crippen LogP contribution >= 0.6 is 11.3 Å². The highest BCUT2D eigenvalue weighted by Gasteiger charge is 2.36. The van der Waals surface area contributed by atoms with Crippen molar-refractivity contribution in [3.63, 3.8) is 0 Å². The van der Waals surface area contributed by atoms with Crippen molar-refractivity contribution < 1.29 is 18.8 Å². The van der Waals surface area contributed by atoms with E-state index in [1.165, 1.54) is 22.5 Å². The molecule has 1 aliphatic carbocycles. The molecule has 3 heterocycles. The summed E-state index contributed by atoms with van der Waals surface area (Å²) in [4.78, 5) is 40.8. The maximum absolute atomic E-state index is 13.6. The molecule has 0 unspecified atom stereocenters. The molecule has 1 aliphatic heterocycles. The summed E-state index contributed by atoms with van der Waals surface area (Å²) < 4.78 is 5.24. The molecule has 7 nitrogen and oxygen atoms in total. The molecule has 172 valence electrons. The van der Waals surface area contributed by atoms with Crippen LogP contribution in [0.15, 0.2) is 22.8 Å². The fourth-order valence-corrected chi connectivity index (χ4v) is 6.05. The van der Waals surface area contributed by atoms with Crippen LogP contribution in [0.3, 0.4) is 0 Å². The molecule has 1 atom stereocenters. The van der Waals surface area contributed by atoms with Crippen molar-refractivity contribution in [3.8, 4) is 0 Å². The number of nitrogens with two attached hydrogens (primary N) is 1. The van der Waals surface area contributed by atoms with E-state index in [0.29, 0.717) is 42.4 Å². The number of furan rings is 1. The fourth-order valence-electron chi connectivity index (χ4n) is 4.74. The number of nitrogens with zero attached hydrogens (tertiary/aromatic N) is 1. The lowest BCUT2D eigenvalue weighted by Crippen LogP contribution is -2.42. The number of thiophene rings is 1. The monoisotopic (exact) mass is 457 g/mol. The topological polar surface area (TPSA) is 106 Å². The van der Waals surface area contributed by atoms with Gasteiger partial charge in [0.1, 0.15) is 5.00 Å². The number of hydrogen-bond acceptors (Lipinski definition) is 5. The number of amides is 3. The maximum atomic E-state index is 13.6. The molecule has 3 amide bonds. The first-order valence-corrected chi connectivity index (χ1v) is 12.0. The zero-order valence-electron chi connectivity index (χ0n) is 18.9. The van der Waals surface area contributed by atoms with Gasteiger partial charge in [0.15, 0.2) is 5.76 Å². The Labute approximate surface area is 192 Å². The highest BCUT2D eigenvalue weighted by molar-refractivity contribution is 7.17. The van der Waals surface area contributed by atoms with Gasteiger partial charge >= 0.3 is 0 Å². The van der Waals surface area contributed by atoms with Gasteiger partial charge < -0.3 is 20.4 Å². The molecule has 0 spiro atoms. The van der Waals surface area contributed by atoms with Crippen LogP contribution < -0.4 is 11.1 Å². The van der Waals surface area contributed by atoms with E-state index in [-0.39, 0.29) is 34.8 Å². The zero-order chi connectivity index (χ0) is 23.0. The number of piperidine rings is 1. The molecule has 1 saturated heterocycles. The maximum Gasteiger partial charge on any atom is 0.291 e. The number of hydrogen-bond donors (Lipinski definition) is 2. The van der Waals surface area contributed by atoms with Gasteiger partial charge in [0, 0.05) is 23.9 Å². The Morgan fingerprint density at radius 3 is 2.50 bits per heavy atom. The molecule has 2 aromatic heterocycles. The minimum atomic E-state index is -0.359. The van der Waals surface area contributed by atoms with Gasteiger partial charge in [0.2, 0.25) is 5.91 Å². The Kier molecular flexibility index (Phi) is 6.16. The second-order valence-corrected chi connectivity index (χ2v) is 11.0. The summed E-state index contributed by atoms with van der Waals surface area (Å²) in [7, 11) is 0. The van der Waals surface area contributed by atoms with E-state index < -0.39 is 0 Å². The highest BCUT2D eigenvalue weighted by atomic mass is 32.1. The molecule has 0 radical (unpaired) electrons. The molecule has 2 aliphatic rings. The van der Waals surface area contributed by atoms with Gasteiger partial charge in [-0.3, -0.25) is 14.4 Å². The molecule has 3 N–H and O–H groups in total. The predicted molar refractivity (Wildman–Crippen MR) is 124 cm³/mol. The normalized spacial score (nSPS) is 19.5. The number of primary amides is 1. The van der Waals surface area contributed by atoms with Gasteiger partial charge in [0.25, 0.3) is 11.8 Å². The third kappa shape index (κ3) is 4.46. The Bertz CT molecular complexity index is 1010. The van der Waals surface area contributed by atoms with Crippen LogP contribution in [0.25, 0.3) is 0 Å². The number of rotatable bonds is 4. The third-order valence-corrected chi connectivity index (χ3v) is 8.03. The van der Waals surface area contributed by atoms with Crippen LogP contribution in [-0.4, -0.2) is 35.7 Å². The lowest BCUT2D eigenvalue weighted by atomic mass is 9.72. The molecule has 32 heavy (non-hydrogen) atoms. The molecule has 1 fully saturated rings. The zero-order valence-corrected chi connectivity index (χ0v) is 19.7. The van der Waals surface area contributed by atoms with Gasteiger partial charge in [-0.2, -0.15) is 0 Å². The molecular weight excluding hydrogens is 426 g/mol. The Hall–Kier alpha value is -2.61. The molecule has 4 rings (SSSR count). The quantitative estimate of drug-likeness (QED) is 0.721. The molecule has 0 bridgehead atoms. The highest BCUT2D eigenvalue weighted by Crippen LogP contribution is 2.45. The predicted octanol–water partition coefficient (Wildman–Crippen LogP) is 4.08. The molecule has 0 aromatic carbocycles.